The molecule has 2 N–H and O–H groups in total. The fraction of sp³-hybridized carbons (Fsp3) is 0.795. The normalized spacial score (nSPS) is 13.9. The van der Waals surface area contributed by atoms with E-state index in [1.54, 1.807) is 0 Å². The molecule has 0 bridgehead atoms. The second-order valence-corrected chi connectivity index (χ2v) is 27.9. The number of likely N-dealkylation sites (N-methyl/N-ethyl adjacent to an activating group) is 1. The first kappa shape index (κ1) is 85.2. The van der Waals surface area contributed by atoms with E-state index < -0.39 is 20.0 Å². The first-order valence-electron chi connectivity index (χ1n) is 37.4. The molecule has 3 unspecified atom stereocenters. The van der Waals surface area contributed by atoms with Gasteiger partial charge >= 0.3 is 13.8 Å². The second kappa shape index (κ2) is 67.1. The van der Waals surface area contributed by atoms with E-state index in [2.05, 4.69) is 99.0 Å². The number of phosphoric acid groups is 1. The molecule has 0 aromatic heterocycles. The Morgan fingerprint density at radius 1 is 0.409 bits per heavy atom. The van der Waals surface area contributed by atoms with Crippen molar-refractivity contribution in [3.8, 4) is 0 Å². The Balaban J connectivity index is 5.03. The molecule has 0 aliphatic rings. The van der Waals surface area contributed by atoms with Crippen molar-refractivity contribution in [3.63, 3.8) is 0 Å². The fourth-order valence-electron chi connectivity index (χ4n) is 10.9. The number of allylic oxidation sites excluding steroid dienone is 13. The van der Waals surface area contributed by atoms with Gasteiger partial charge in [0.25, 0.3) is 0 Å². The average molecular weight is 1250 g/mol. The molecule has 10 heteroatoms. The lowest BCUT2D eigenvalue weighted by Crippen LogP contribution is -2.47. The number of esters is 1. The zero-order chi connectivity index (χ0) is 64.2. The number of phosphoric ester groups is 1. The maximum atomic E-state index is 13.6. The number of hydrogen-bond donors (Lipinski definition) is 2. The molecule has 0 aromatic rings. The van der Waals surface area contributed by atoms with Gasteiger partial charge in [0, 0.05) is 12.8 Å². The van der Waals surface area contributed by atoms with E-state index in [0.717, 1.165) is 103 Å². The van der Waals surface area contributed by atoms with E-state index in [1.165, 1.54) is 205 Å². The maximum Gasteiger partial charge on any atom is 0.472 e. The number of nitrogens with zero attached hydrogens (tertiary/aromatic N) is 1. The highest BCUT2D eigenvalue weighted by Crippen LogP contribution is 2.43. The molecule has 0 heterocycles. The van der Waals surface area contributed by atoms with Crippen molar-refractivity contribution in [2.75, 3.05) is 40.9 Å². The summed E-state index contributed by atoms with van der Waals surface area (Å²) in [4.78, 5) is 37.9. The molecule has 512 valence electrons. The first-order valence-corrected chi connectivity index (χ1v) is 38.9. The minimum atomic E-state index is -4.47. The van der Waals surface area contributed by atoms with Gasteiger partial charge in [-0.1, -0.05) is 337 Å². The minimum absolute atomic E-state index is 0.0342. The van der Waals surface area contributed by atoms with Crippen molar-refractivity contribution in [2.24, 2.45) is 0 Å². The van der Waals surface area contributed by atoms with Gasteiger partial charge in [0.1, 0.15) is 19.3 Å². The van der Waals surface area contributed by atoms with Gasteiger partial charge in [-0.2, -0.15) is 0 Å². The number of ether oxygens (including phenoxy) is 1. The Morgan fingerprint density at radius 2 is 0.727 bits per heavy atom. The van der Waals surface area contributed by atoms with Gasteiger partial charge < -0.3 is 19.4 Å². The highest BCUT2D eigenvalue weighted by atomic mass is 31.2. The van der Waals surface area contributed by atoms with Crippen LogP contribution in [0.2, 0.25) is 0 Å². The van der Waals surface area contributed by atoms with E-state index in [9.17, 15) is 19.0 Å². The number of carbonyl (C=O) groups excluding carboxylic acids is 2. The van der Waals surface area contributed by atoms with Crippen LogP contribution in [0.3, 0.4) is 0 Å². The highest BCUT2D eigenvalue weighted by Gasteiger charge is 2.30. The molecule has 0 spiro atoms. The van der Waals surface area contributed by atoms with Crippen LogP contribution in [0.5, 0.6) is 0 Å². The van der Waals surface area contributed by atoms with Crippen LogP contribution in [-0.2, 0) is 27.9 Å². The SMILES string of the molecule is CC/C=C\C/C=C\C/C=C\C/C=C\C/C=C\C/C=C\CCCCCCC(=O)OC(/C=C/CCCCCCCCCCCC)C(COP(=O)(O)OCC[N+](C)(C)C)NC(=O)CCCCCCCCCCCCCCCCCCCCCCCCCCCCC. The minimum Gasteiger partial charge on any atom is -0.456 e. The molecule has 9 nitrogen and oxygen atoms in total. The number of amides is 1. The van der Waals surface area contributed by atoms with E-state index >= 15 is 0 Å². The molecular formula is C78H144N2O7P+. The zero-order valence-electron chi connectivity index (χ0n) is 58.7. The van der Waals surface area contributed by atoms with E-state index in [0.29, 0.717) is 23.9 Å². The van der Waals surface area contributed by atoms with Crippen molar-refractivity contribution in [3.05, 3.63) is 85.1 Å². The van der Waals surface area contributed by atoms with Crippen LogP contribution >= 0.6 is 7.82 Å². The Hall–Kier alpha value is -2.81. The predicted octanol–water partition coefficient (Wildman–Crippen LogP) is 24.1. The molecule has 0 saturated carbocycles. The Kier molecular flexibility index (Phi) is 64.9. The summed E-state index contributed by atoms with van der Waals surface area (Å²) >= 11 is 0. The van der Waals surface area contributed by atoms with E-state index in [4.69, 9.17) is 13.8 Å². The van der Waals surface area contributed by atoms with Crippen LogP contribution in [-0.4, -0.2) is 74.3 Å². The maximum absolute atomic E-state index is 13.6. The van der Waals surface area contributed by atoms with Crippen molar-refractivity contribution >= 4 is 19.7 Å². The second-order valence-electron chi connectivity index (χ2n) is 26.4. The molecule has 0 aromatic carbocycles. The summed E-state index contributed by atoms with van der Waals surface area (Å²) in [5, 5.41) is 3.07. The molecule has 1 amide bonds. The van der Waals surface area contributed by atoms with Crippen LogP contribution in [0.1, 0.15) is 348 Å². The van der Waals surface area contributed by atoms with Gasteiger partial charge in [0.2, 0.25) is 5.91 Å². The number of nitrogens with one attached hydrogen (secondary N) is 1. The molecule has 0 saturated heterocycles. The van der Waals surface area contributed by atoms with E-state index in [1.807, 2.05) is 33.3 Å². The zero-order valence-corrected chi connectivity index (χ0v) is 59.6. The molecule has 0 fully saturated rings. The Bertz CT molecular complexity index is 1780. The monoisotopic (exact) mass is 1250 g/mol. The lowest BCUT2D eigenvalue weighted by molar-refractivity contribution is -0.870. The number of quaternary nitrogens is 1. The van der Waals surface area contributed by atoms with Gasteiger partial charge in [-0.15, -0.1) is 0 Å². The summed E-state index contributed by atoms with van der Waals surface area (Å²) in [5.74, 6) is -0.523. The van der Waals surface area contributed by atoms with Gasteiger partial charge in [-0.05, 0) is 83.1 Å². The predicted molar refractivity (Wildman–Crippen MR) is 383 cm³/mol. The van der Waals surface area contributed by atoms with Crippen molar-refractivity contribution in [1.82, 2.24) is 5.32 Å². The van der Waals surface area contributed by atoms with Crippen LogP contribution in [0.15, 0.2) is 85.1 Å². The molecular weight excluding hydrogens is 1110 g/mol. The van der Waals surface area contributed by atoms with E-state index in [-0.39, 0.29) is 31.5 Å². The fourth-order valence-corrected chi connectivity index (χ4v) is 11.6. The number of hydrogen-bond acceptors (Lipinski definition) is 6. The molecule has 88 heavy (non-hydrogen) atoms. The lowest BCUT2D eigenvalue weighted by Gasteiger charge is -2.27. The van der Waals surface area contributed by atoms with Crippen LogP contribution < -0.4 is 5.32 Å². The quantitative estimate of drug-likeness (QED) is 0.0205. The van der Waals surface area contributed by atoms with Gasteiger partial charge in [0.15, 0.2) is 0 Å². The largest absolute Gasteiger partial charge is 0.472 e. The first-order chi connectivity index (χ1) is 42.9. The van der Waals surface area contributed by atoms with Gasteiger partial charge in [-0.3, -0.25) is 18.6 Å². The summed E-state index contributed by atoms with van der Waals surface area (Å²) in [6.07, 6.45) is 90.4. The Labute approximate surface area is 546 Å². The van der Waals surface area contributed by atoms with Gasteiger partial charge in [-0.25, -0.2) is 4.57 Å². The summed E-state index contributed by atoms with van der Waals surface area (Å²) in [6.45, 7) is 6.92. The molecule has 3 atom stereocenters. The topological polar surface area (TPSA) is 111 Å². The summed E-state index contributed by atoms with van der Waals surface area (Å²) < 4.78 is 30.8. The molecule has 0 aliphatic heterocycles. The van der Waals surface area contributed by atoms with Crippen LogP contribution in [0.25, 0.3) is 0 Å². The van der Waals surface area contributed by atoms with Crippen LogP contribution in [0, 0.1) is 0 Å². The number of unbranched alkanes of at least 4 members (excludes halogenated alkanes) is 40. The number of carbonyl (C=O) groups is 2. The summed E-state index contributed by atoms with van der Waals surface area (Å²) in [7, 11) is 1.48. The third-order valence-corrected chi connectivity index (χ3v) is 17.6. The molecule has 0 radical (unpaired) electrons. The number of rotatable bonds is 68. The Morgan fingerprint density at radius 3 is 1.09 bits per heavy atom. The van der Waals surface area contributed by atoms with Crippen LogP contribution in [0.4, 0.5) is 0 Å². The molecule has 0 rings (SSSR count). The third-order valence-electron chi connectivity index (χ3n) is 16.6. The smallest absolute Gasteiger partial charge is 0.456 e. The van der Waals surface area contributed by atoms with Gasteiger partial charge in [0.05, 0.1) is 33.8 Å². The standard InChI is InChI=1S/C78H143N2O7P/c1-7-10-13-16-19-22-25-28-30-32-34-36-38-39-40-41-43-44-46-48-50-52-55-58-61-64-67-70-77(81)79-75(74-86-88(83,84)85-73-72-80(4,5)6)76(69-66-63-60-57-54-27-24-21-18-15-12-9-3)87-78(82)71-68-65-62-59-56-53-51-49-47-45-42-37-35-33-31-29-26-23-20-17-14-11-8-2/h11,14,20,23,29,31,35,37,45,47,51,53,66,69,75-76H,7-10,12-13,15-19,21-22,24-28,30,32-34,36,38-44,46,48-50,52,54-65,67-68,70-74H2,1-6H3,(H-,79,81,83,84)/p+1/b14-11-,23-20-,31-29-,37-35-,47-45-,53-51-,69-66+. The summed E-state index contributed by atoms with van der Waals surface area (Å²) in [5.41, 5.74) is 0. The average Bonchev–Trinajstić information content (AvgIpc) is 3.71. The van der Waals surface area contributed by atoms with Crippen molar-refractivity contribution < 1.29 is 37.3 Å². The van der Waals surface area contributed by atoms with Crippen molar-refractivity contribution in [1.29, 1.82) is 0 Å². The highest BCUT2D eigenvalue weighted by molar-refractivity contribution is 7.47. The lowest BCUT2D eigenvalue weighted by atomic mass is 10.0. The molecule has 0 aliphatic carbocycles. The van der Waals surface area contributed by atoms with Crippen molar-refractivity contribution in [2.45, 2.75) is 360 Å². The third kappa shape index (κ3) is 67.6. The summed E-state index contributed by atoms with van der Waals surface area (Å²) in [6, 6.07) is -0.863.